The van der Waals surface area contributed by atoms with Gasteiger partial charge in [0.1, 0.15) is 5.60 Å². The molecule has 0 fully saturated rings. The van der Waals surface area contributed by atoms with Crippen molar-refractivity contribution in [3.05, 3.63) is 36.4 Å². The Morgan fingerprint density at radius 2 is 1.44 bits per heavy atom. The van der Waals surface area contributed by atoms with E-state index in [9.17, 15) is 4.79 Å². The molecular weight excluding hydrogens is 334 g/mol. The quantitative estimate of drug-likeness (QED) is 0.763. The number of rotatable bonds is 2. The van der Waals surface area contributed by atoms with E-state index in [1.165, 1.54) is 0 Å². The standard InChI is InChI=1S/C19H23N3O2S/c1-19(2,3)24-18(23)22-14-8-6-12(20-4)10-16(14)25-17-11-13(21-5)7-9-15(17)22/h6-11,20-21H,1-5H3. The van der Waals surface area contributed by atoms with Gasteiger partial charge in [0.05, 0.1) is 11.4 Å². The highest BCUT2D eigenvalue weighted by molar-refractivity contribution is 7.99. The number of amides is 1. The summed E-state index contributed by atoms with van der Waals surface area (Å²) < 4.78 is 5.65. The highest BCUT2D eigenvalue weighted by Crippen LogP contribution is 2.50. The molecule has 0 unspecified atom stereocenters. The molecule has 2 N–H and O–H groups in total. The van der Waals surface area contributed by atoms with E-state index in [0.29, 0.717) is 0 Å². The van der Waals surface area contributed by atoms with Crippen molar-refractivity contribution in [3.63, 3.8) is 0 Å². The van der Waals surface area contributed by atoms with Gasteiger partial charge < -0.3 is 15.4 Å². The van der Waals surface area contributed by atoms with Crippen molar-refractivity contribution in [2.75, 3.05) is 29.6 Å². The van der Waals surface area contributed by atoms with Crippen LogP contribution in [0.5, 0.6) is 0 Å². The van der Waals surface area contributed by atoms with Crippen LogP contribution in [-0.4, -0.2) is 25.8 Å². The van der Waals surface area contributed by atoms with Gasteiger partial charge >= 0.3 is 6.09 Å². The monoisotopic (exact) mass is 357 g/mol. The molecule has 0 atom stereocenters. The summed E-state index contributed by atoms with van der Waals surface area (Å²) >= 11 is 1.65. The van der Waals surface area contributed by atoms with Gasteiger partial charge in [-0.15, -0.1) is 0 Å². The van der Waals surface area contributed by atoms with Gasteiger partial charge in [0.2, 0.25) is 0 Å². The number of hydrogen-bond acceptors (Lipinski definition) is 5. The Morgan fingerprint density at radius 3 is 1.84 bits per heavy atom. The van der Waals surface area contributed by atoms with Crippen molar-refractivity contribution in [3.8, 4) is 0 Å². The Hall–Kier alpha value is -2.34. The summed E-state index contributed by atoms with van der Waals surface area (Å²) in [6.07, 6.45) is -0.371. The molecule has 2 aromatic rings. The maximum atomic E-state index is 12.9. The van der Waals surface area contributed by atoms with Gasteiger partial charge in [-0.3, -0.25) is 0 Å². The van der Waals surface area contributed by atoms with E-state index in [4.69, 9.17) is 4.74 Å². The van der Waals surface area contributed by atoms with Gasteiger partial charge in [0.25, 0.3) is 0 Å². The van der Waals surface area contributed by atoms with Crippen molar-refractivity contribution in [1.29, 1.82) is 0 Å². The van der Waals surface area contributed by atoms with Crippen LogP contribution in [-0.2, 0) is 4.74 Å². The van der Waals surface area contributed by atoms with E-state index in [1.54, 1.807) is 16.7 Å². The van der Waals surface area contributed by atoms with Crippen LogP contribution >= 0.6 is 11.8 Å². The number of nitrogens with zero attached hydrogens (tertiary/aromatic N) is 1. The molecule has 1 aliphatic rings. The van der Waals surface area contributed by atoms with Crippen LogP contribution in [0.3, 0.4) is 0 Å². The Balaban J connectivity index is 2.11. The number of carbonyl (C=O) groups excluding carboxylic acids is 1. The number of nitrogens with one attached hydrogen (secondary N) is 2. The van der Waals surface area contributed by atoms with Crippen molar-refractivity contribution in [2.24, 2.45) is 0 Å². The predicted molar refractivity (Wildman–Crippen MR) is 104 cm³/mol. The van der Waals surface area contributed by atoms with Crippen molar-refractivity contribution < 1.29 is 9.53 Å². The lowest BCUT2D eigenvalue weighted by atomic mass is 10.2. The van der Waals surface area contributed by atoms with Gasteiger partial charge in [-0.25, -0.2) is 9.69 Å². The Morgan fingerprint density at radius 1 is 0.960 bits per heavy atom. The van der Waals surface area contributed by atoms with E-state index in [2.05, 4.69) is 10.6 Å². The van der Waals surface area contributed by atoms with E-state index in [-0.39, 0.29) is 6.09 Å². The number of benzene rings is 2. The lowest BCUT2D eigenvalue weighted by Gasteiger charge is -2.33. The summed E-state index contributed by atoms with van der Waals surface area (Å²) in [4.78, 5) is 16.6. The molecule has 5 nitrogen and oxygen atoms in total. The molecule has 0 radical (unpaired) electrons. The highest BCUT2D eigenvalue weighted by Gasteiger charge is 2.32. The fraction of sp³-hybridized carbons (Fsp3) is 0.316. The topological polar surface area (TPSA) is 53.6 Å². The third-order valence-corrected chi connectivity index (χ3v) is 4.87. The normalized spacial score (nSPS) is 12.9. The molecule has 0 aromatic heterocycles. The maximum absolute atomic E-state index is 12.9. The lowest BCUT2D eigenvalue weighted by molar-refractivity contribution is 0.0597. The van der Waals surface area contributed by atoms with E-state index >= 15 is 0 Å². The Bertz CT molecular complexity index is 761. The first-order valence-electron chi connectivity index (χ1n) is 8.17. The largest absolute Gasteiger partial charge is 0.443 e. The number of carbonyl (C=O) groups is 1. The first-order valence-corrected chi connectivity index (χ1v) is 8.98. The van der Waals surface area contributed by atoms with Crippen LogP contribution in [0.2, 0.25) is 0 Å². The molecule has 0 saturated heterocycles. The molecule has 0 spiro atoms. The molecule has 25 heavy (non-hydrogen) atoms. The summed E-state index contributed by atoms with van der Waals surface area (Å²) in [6.45, 7) is 5.62. The molecule has 0 bridgehead atoms. The van der Waals surface area contributed by atoms with Crippen LogP contribution in [0, 0.1) is 0 Å². The number of ether oxygens (including phenoxy) is 1. The Kier molecular flexibility index (Phi) is 4.56. The van der Waals surface area contributed by atoms with Crippen LogP contribution in [0.25, 0.3) is 0 Å². The second kappa shape index (κ2) is 6.52. The average Bonchev–Trinajstić information content (AvgIpc) is 2.56. The third-order valence-electron chi connectivity index (χ3n) is 3.77. The summed E-state index contributed by atoms with van der Waals surface area (Å²) in [5.41, 5.74) is 3.12. The van der Waals surface area contributed by atoms with E-state index < -0.39 is 5.60 Å². The minimum Gasteiger partial charge on any atom is -0.443 e. The maximum Gasteiger partial charge on any atom is 0.419 e. The molecule has 1 heterocycles. The SMILES string of the molecule is CNc1ccc2c(c1)Sc1cc(NC)ccc1N2C(=O)OC(C)(C)C. The zero-order chi connectivity index (χ0) is 18.2. The molecule has 1 aliphatic heterocycles. The average molecular weight is 357 g/mol. The second-order valence-corrected chi connectivity index (χ2v) is 7.87. The van der Waals surface area contributed by atoms with Crippen molar-refractivity contribution in [1.82, 2.24) is 0 Å². The predicted octanol–water partition coefficient (Wildman–Crippen LogP) is 5.31. The first kappa shape index (κ1) is 17.5. The summed E-state index contributed by atoms with van der Waals surface area (Å²) in [6, 6.07) is 11.9. The molecule has 132 valence electrons. The fourth-order valence-electron chi connectivity index (χ4n) is 2.62. The second-order valence-electron chi connectivity index (χ2n) is 6.78. The van der Waals surface area contributed by atoms with Crippen LogP contribution in [0.4, 0.5) is 27.5 Å². The van der Waals surface area contributed by atoms with E-state index in [0.717, 1.165) is 32.5 Å². The minimum absolute atomic E-state index is 0.371. The molecule has 0 saturated carbocycles. The van der Waals surface area contributed by atoms with Crippen molar-refractivity contribution in [2.45, 2.75) is 36.2 Å². The van der Waals surface area contributed by atoms with Crippen LogP contribution in [0.15, 0.2) is 46.2 Å². The molecule has 0 aliphatic carbocycles. The third kappa shape index (κ3) is 3.54. The number of anilines is 4. The van der Waals surface area contributed by atoms with Crippen LogP contribution in [0.1, 0.15) is 20.8 Å². The lowest BCUT2D eigenvalue weighted by Crippen LogP contribution is -2.35. The molecule has 1 amide bonds. The van der Waals surface area contributed by atoms with Gasteiger partial charge in [-0.2, -0.15) is 0 Å². The molecular formula is C19H23N3O2S. The van der Waals surface area contributed by atoms with Crippen molar-refractivity contribution >= 4 is 40.6 Å². The van der Waals surface area contributed by atoms with Gasteiger partial charge in [-0.1, -0.05) is 11.8 Å². The summed E-state index contributed by atoms with van der Waals surface area (Å²) in [5, 5.41) is 6.29. The number of hydrogen-bond donors (Lipinski definition) is 2. The zero-order valence-electron chi connectivity index (χ0n) is 15.1. The minimum atomic E-state index is -0.558. The van der Waals surface area contributed by atoms with Gasteiger partial charge in [0, 0.05) is 35.3 Å². The van der Waals surface area contributed by atoms with E-state index in [1.807, 2.05) is 71.3 Å². The highest BCUT2D eigenvalue weighted by atomic mass is 32.2. The van der Waals surface area contributed by atoms with Gasteiger partial charge in [-0.05, 0) is 57.2 Å². The summed E-state index contributed by atoms with van der Waals surface area (Å²) in [7, 11) is 3.77. The fourth-order valence-corrected chi connectivity index (χ4v) is 3.76. The molecule has 3 rings (SSSR count). The Labute approximate surface area is 152 Å². The molecule has 6 heteroatoms. The number of fused-ring (bicyclic) bond motifs is 2. The van der Waals surface area contributed by atoms with Crippen LogP contribution < -0.4 is 15.5 Å². The smallest absolute Gasteiger partial charge is 0.419 e. The summed E-state index contributed by atoms with van der Waals surface area (Å²) in [5.74, 6) is 0. The molecule has 2 aromatic carbocycles. The van der Waals surface area contributed by atoms with Gasteiger partial charge in [0.15, 0.2) is 0 Å². The first-order chi connectivity index (χ1) is 11.8. The zero-order valence-corrected chi connectivity index (χ0v) is 16.0.